The van der Waals surface area contributed by atoms with Crippen molar-refractivity contribution in [2.24, 2.45) is 5.73 Å². The van der Waals surface area contributed by atoms with E-state index in [1.807, 2.05) is 12.1 Å². The van der Waals surface area contributed by atoms with Gasteiger partial charge in [-0.3, -0.25) is 4.90 Å². The number of para-hydroxylation sites is 1. The first kappa shape index (κ1) is 14.8. The number of rotatable bonds is 3. The lowest BCUT2D eigenvalue weighted by atomic mass is 10.0. The normalized spacial score (nSPS) is 20.0. The average Bonchev–Trinajstić information content (AvgIpc) is 2.53. The van der Waals surface area contributed by atoms with Crippen molar-refractivity contribution >= 4 is 22.5 Å². The van der Waals surface area contributed by atoms with Crippen molar-refractivity contribution in [2.75, 3.05) is 13.1 Å². The molecule has 3 rings (SSSR count). The van der Waals surface area contributed by atoms with Gasteiger partial charge in [0.25, 0.3) is 0 Å². The number of fused-ring (bicyclic) bond motifs is 1. The van der Waals surface area contributed by atoms with E-state index in [2.05, 4.69) is 24.0 Å². The maximum atomic E-state index is 6.56. The summed E-state index contributed by atoms with van der Waals surface area (Å²) < 4.78 is 0. The highest BCUT2D eigenvalue weighted by atomic mass is 35.5. The molecule has 3 nitrogen and oxygen atoms in total. The van der Waals surface area contributed by atoms with Crippen LogP contribution >= 0.6 is 11.6 Å². The third-order valence-corrected chi connectivity index (χ3v) is 5.02. The molecule has 2 aromatic rings. The van der Waals surface area contributed by atoms with Crippen LogP contribution in [0.1, 0.15) is 30.5 Å². The number of halogens is 1. The van der Waals surface area contributed by atoms with Crippen molar-refractivity contribution in [3.63, 3.8) is 0 Å². The zero-order valence-corrected chi connectivity index (χ0v) is 13.2. The van der Waals surface area contributed by atoms with Crippen molar-refractivity contribution in [1.29, 1.82) is 0 Å². The number of nitrogens with zero attached hydrogens (tertiary/aromatic N) is 2. The molecule has 0 aliphatic carbocycles. The number of hydrogen-bond acceptors (Lipinski definition) is 3. The molecule has 1 aromatic heterocycles. The molecule has 1 fully saturated rings. The lowest BCUT2D eigenvalue weighted by Gasteiger charge is -2.35. The lowest BCUT2D eigenvalue weighted by Crippen LogP contribution is -2.43. The van der Waals surface area contributed by atoms with E-state index in [-0.39, 0.29) is 0 Å². The summed E-state index contributed by atoms with van der Waals surface area (Å²) in [4.78, 5) is 7.22. The van der Waals surface area contributed by atoms with Gasteiger partial charge in [-0.1, -0.05) is 36.2 Å². The molecule has 1 aliphatic rings. The highest BCUT2D eigenvalue weighted by molar-refractivity contribution is 6.32. The number of piperidine rings is 1. The molecule has 21 heavy (non-hydrogen) atoms. The van der Waals surface area contributed by atoms with Crippen LogP contribution in [0.25, 0.3) is 10.9 Å². The number of aromatic nitrogens is 1. The monoisotopic (exact) mass is 303 g/mol. The Labute approximate surface area is 131 Å². The summed E-state index contributed by atoms with van der Waals surface area (Å²) in [5.74, 6) is 0. The van der Waals surface area contributed by atoms with Crippen LogP contribution in [0, 0.1) is 6.92 Å². The lowest BCUT2D eigenvalue weighted by molar-refractivity contribution is 0.143. The predicted molar refractivity (Wildman–Crippen MR) is 88.6 cm³/mol. The Morgan fingerprint density at radius 2 is 2.14 bits per heavy atom. The molecule has 1 aromatic carbocycles. The Hall–Kier alpha value is -1.16. The van der Waals surface area contributed by atoms with Crippen LogP contribution in [0.2, 0.25) is 5.02 Å². The van der Waals surface area contributed by atoms with E-state index in [0.29, 0.717) is 12.6 Å². The Balaban J connectivity index is 1.94. The fourth-order valence-electron chi connectivity index (χ4n) is 3.25. The number of hydrogen-bond donors (Lipinski definition) is 1. The summed E-state index contributed by atoms with van der Waals surface area (Å²) >= 11 is 6.56. The van der Waals surface area contributed by atoms with Gasteiger partial charge in [0.2, 0.25) is 0 Å². The van der Waals surface area contributed by atoms with Crippen LogP contribution in [0.4, 0.5) is 0 Å². The minimum atomic E-state index is 0.461. The van der Waals surface area contributed by atoms with E-state index in [4.69, 9.17) is 22.3 Å². The molecular formula is C17H22ClN3. The van der Waals surface area contributed by atoms with Crippen LogP contribution in [0.15, 0.2) is 24.3 Å². The van der Waals surface area contributed by atoms with Gasteiger partial charge in [0.05, 0.1) is 16.2 Å². The van der Waals surface area contributed by atoms with Gasteiger partial charge in [0.15, 0.2) is 0 Å². The molecule has 0 radical (unpaired) electrons. The van der Waals surface area contributed by atoms with Crippen LogP contribution in [0.3, 0.4) is 0 Å². The van der Waals surface area contributed by atoms with Crippen molar-refractivity contribution in [3.8, 4) is 0 Å². The van der Waals surface area contributed by atoms with Gasteiger partial charge in [-0.05, 0) is 37.9 Å². The molecule has 1 saturated heterocycles. The van der Waals surface area contributed by atoms with E-state index in [1.165, 1.54) is 19.3 Å². The van der Waals surface area contributed by atoms with Gasteiger partial charge in [-0.15, -0.1) is 0 Å². The summed E-state index contributed by atoms with van der Waals surface area (Å²) in [7, 11) is 0. The summed E-state index contributed by atoms with van der Waals surface area (Å²) in [5.41, 5.74) is 9.04. The number of aryl methyl sites for hydroxylation is 1. The van der Waals surface area contributed by atoms with Crippen molar-refractivity contribution in [1.82, 2.24) is 9.88 Å². The number of nitrogens with two attached hydrogens (primary N) is 1. The molecule has 1 atom stereocenters. The van der Waals surface area contributed by atoms with Gasteiger partial charge in [-0.25, -0.2) is 4.98 Å². The number of likely N-dealkylation sites (tertiary alicyclic amines) is 1. The van der Waals surface area contributed by atoms with Crippen LogP contribution < -0.4 is 5.73 Å². The summed E-state index contributed by atoms with van der Waals surface area (Å²) in [6, 6.07) is 8.65. The first-order chi connectivity index (χ1) is 10.2. The van der Waals surface area contributed by atoms with Crippen molar-refractivity contribution in [2.45, 2.75) is 38.8 Å². The zero-order chi connectivity index (χ0) is 14.8. The second-order valence-electron chi connectivity index (χ2n) is 5.87. The first-order valence-electron chi connectivity index (χ1n) is 7.68. The molecule has 1 unspecified atom stereocenters. The van der Waals surface area contributed by atoms with E-state index in [1.54, 1.807) is 0 Å². The fraction of sp³-hybridized carbons (Fsp3) is 0.471. The summed E-state index contributed by atoms with van der Waals surface area (Å²) in [5, 5.41) is 1.94. The number of pyridine rings is 1. The smallest absolute Gasteiger partial charge is 0.0740 e. The van der Waals surface area contributed by atoms with Crippen molar-refractivity contribution in [3.05, 3.63) is 40.5 Å². The second kappa shape index (κ2) is 6.30. The van der Waals surface area contributed by atoms with Gasteiger partial charge in [-0.2, -0.15) is 0 Å². The van der Waals surface area contributed by atoms with E-state index >= 15 is 0 Å². The molecule has 4 heteroatoms. The van der Waals surface area contributed by atoms with Gasteiger partial charge < -0.3 is 5.73 Å². The highest BCUT2D eigenvalue weighted by Gasteiger charge is 2.23. The average molecular weight is 304 g/mol. The summed E-state index contributed by atoms with van der Waals surface area (Å²) in [6.45, 7) is 4.68. The topological polar surface area (TPSA) is 42.1 Å². The van der Waals surface area contributed by atoms with E-state index < -0.39 is 0 Å². The number of benzene rings is 1. The van der Waals surface area contributed by atoms with Gasteiger partial charge in [0.1, 0.15) is 0 Å². The summed E-state index contributed by atoms with van der Waals surface area (Å²) in [6.07, 6.45) is 3.69. The minimum absolute atomic E-state index is 0.461. The molecule has 2 heterocycles. The third kappa shape index (κ3) is 2.91. The molecule has 0 amide bonds. The Kier molecular flexibility index (Phi) is 4.43. The Morgan fingerprint density at radius 1 is 1.33 bits per heavy atom. The van der Waals surface area contributed by atoms with Gasteiger partial charge in [0, 0.05) is 24.5 Å². The molecule has 112 valence electrons. The SMILES string of the molecule is Cc1c(Cl)c(CN2CCCCC2CN)nc2ccccc12. The second-order valence-corrected chi connectivity index (χ2v) is 6.25. The van der Waals surface area contributed by atoms with Crippen LogP contribution in [-0.4, -0.2) is 29.0 Å². The van der Waals surface area contributed by atoms with Crippen LogP contribution in [0.5, 0.6) is 0 Å². The Morgan fingerprint density at radius 3 is 2.95 bits per heavy atom. The largest absolute Gasteiger partial charge is 0.329 e. The van der Waals surface area contributed by atoms with Gasteiger partial charge >= 0.3 is 0 Å². The first-order valence-corrected chi connectivity index (χ1v) is 8.06. The molecule has 0 spiro atoms. The zero-order valence-electron chi connectivity index (χ0n) is 12.5. The van der Waals surface area contributed by atoms with Crippen LogP contribution in [-0.2, 0) is 6.54 Å². The molecule has 0 saturated carbocycles. The minimum Gasteiger partial charge on any atom is -0.329 e. The standard InChI is InChI=1S/C17H22ClN3/c1-12-14-7-2-3-8-15(14)20-16(17(12)18)11-21-9-5-4-6-13(21)10-19/h2-3,7-8,13H,4-6,9-11,19H2,1H3. The van der Waals surface area contributed by atoms with E-state index in [9.17, 15) is 0 Å². The third-order valence-electron chi connectivity index (χ3n) is 4.52. The Bertz CT molecular complexity index is 641. The fourth-order valence-corrected chi connectivity index (χ4v) is 3.45. The maximum Gasteiger partial charge on any atom is 0.0740 e. The molecule has 0 bridgehead atoms. The predicted octanol–water partition coefficient (Wildman–Crippen LogP) is 3.51. The molecular weight excluding hydrogens is 282 g/mol. The molecule has 1 aliphatic heterocycles. The van der Waals surface area contributed by atoms with Crippen molar-refractivity contribution < 1.29 is 0 Å². The molecule has 2 N–H and O–H groups in total. The highest BCUT2D eigenvalue weighted by Crippen LogP contribution is 2.29. The van der Waals surface area contributed by atoms with E-state index in [0.717, 1.165) is 40.3 Å². The maximum absolute atomic E-state index is 6.56. The quantitative estimate of drug-likeness (QED) is 0.943.